The number of alkyl halides is 3. The van der Waals surface area contributed by atoms with Crippen molar-refractivity contribution in [1.82, 2.24) is 9.58 Å². The summed E-state index contributed by atoms with van der Waals surface area (Å²) in [6.45, 7) is 0. The van der Waals surface area contributed by atoms with Gasteiger partial charge in [-0.25, -0.2) is 0 Å². The number of carbonyl (C=O) groups excluding carboxylic acids is 1. The summed E-state index contributed by atoms with van der Waals surface area (Å²) in [5, 5.41) is 1.78. The van der Waals surface area contributed by atoms with Crippen molar-refractivity contribution in [2.45, 2.75) is 37.6 Å². The molecule has 6 nitrogen and oxygen atoms in total. The first-order valence-electron chi connectivity index (χ1n) is 9.80. The lowest BCUT2D eigenvalue weighted by Crippen LogP contribution is -2.64. The second-order valence-electron chi connectivity index (χ2n) is 7.82. The lowest BCUT2D eigenvalue weighted by atomic mass is 9.81. The van der Waals surface area contributed by atoms with Crippen molar-refractivity contribution in [1.29, 1.82) is 0 Å². The van der Waals surface area contributed by atoms with Crippen LogP contribution in [-0.2, 0) is 0 Å². The van der Waals surface area contributed by atoms with Gasteiger partial charge in [0.25, 0.3) is 5.91 Å². The van der Waals surface area contributed by atoms with Crippen LogP contribution in [-0.4, -0.2) is 42.0 Å². The quantitative estimate of drug-likeness (QED) is 0.638. The van der Waals surface area contributed by atoms with Gasteiger partial charge in [-0.2, -0.15) is 13.2 Å². The van der Waals surface area contributed by atoms with Crippen LogP contribution in [0, 0.1) is 5.92 Å². The molecule has 0 bridgehead atoms. The molecule has 0 saturated carbocycles. The third kappa shape index (κ3) is 3.71. The summed E-state index contributed by atoms with van der Waals surface area (Å²) in [6.07, 6.45) is -3.60. The Morgan fingerprint density at radius 3 is 2.45 bits per heavy atom. The monoisotopic (exact) mass is 499 g/mol. The van der Waals surface area contributed by atoms with Crippen LogP contribution in [0.4, 0.5) is 13.2 Å². The minimum atomic E-state index is -4.33. The molecule has 1 fully saturated rings. The van der Waals surface area contributed by atoms with Crippen LogP contribution in [0.1, 0.15) is 41.4 Å². The van der Waals surface area contributed by atoms with E-state index in [1.165, 1.54) is 22.9 Å². The molecule has 0 unspecified atom stereocenters. The van der Waals surface area contributed by atoms with Gasteiger partial charge in [-0.1, -0.05) is 30.3 Å². The molecule has 0 aliphatic carbocycles. The van der Waals surface area contributed by atoms with Crippen molar-refractivity contribution in [2.24, 2.45) is 5.92 Å². The number of carbonyl (C=O) groups is 1. The van der Waals surface area contributed by atoms with Gasteiger partial charge in [0.15, 0.2) is 11.4 Å². The predicted octanol–water partition coefficient (Wildman–Crippen LogP) is 4.07. The predicted molar refractivity (Wildman–Crippen MR) is 112 cm³/mol. The molecule has 1 aromatic heterocycles. The largest absolute Gasteiger partial charge is 0.491 e. The minimum Gasteiger partial charge on any atom is -0.491 e. The lowest BCUT2D eigenvalue weighted by molar-refractivity contribution is -0.149. The molecule has 1 aromatic carbocycles. The van der Waals surface area contributed by atoms with Crippen LogP contribution in [0.2, 0.25) is 0 Å². The highest BCUT2D eigenvalue weighted by Gasteiger charge is 2.49. The molecule has 0 spiro atoms. The Morgan fingerprint density at radius 1 is 1.16 bits per heavy atom. The topological polar surface area (TPSA) is 54.8 Å². The van der Waals surface area contributed by atoms with Gasteiger partial charge >= 0.3 is 6.18 Å². The molecular formula is C21H21BrF3N3O3. The van der Waals surface area contributed by atoms with E-state index < -0.39 is 42.1 Å². The molecule has 10 heteroatoms. The second kappa shape index (κ2) is 7.89. The van der Waals surface area contributed by atoms with E-state index >= 15 is 0 Å². The summed E-state index contributed by atoms with van der Waals surface area (Å²) < 4.78 is 47.3. The molecule has 0 N–H and O–H groups in total. The molecule has 0 radical (unpaired) electrons. The van der Waals surface area contributed by atoms with Crippen molar-refractivity contribution in [3.63, 3.8) is 0 Å². The van der Waals surface area contributed by atoms with Crippen LogP contribution in [0.25, 0.3) is 0 Å². The van der Waals surface area contributed by atoms with Gasteiger partial charge in [0, 0.05) is 19.7 Å². The van der Waals surface area contributed by atoms with Crippen molar-refractivity contribution in [3.8, 4) is 5.75 Å². The fraction of sp³-hybridized carbons (Fsp3) is 0.429. The molecule has 3 heterocycles. The minimum absolute atomic E-state index is 0.00281. The number of benzene rings is 1. The summed E-state index contributed by atoms with van der Waals surface area (Å²) in [5.74, 6) is -1.28. The van der Waals surface area contributed by atoms with Gasteiger partial charge < -0.3 is 9.64 Å². The molecule has 3 atom stereocenters. The van der Waals surface area contributed by atoms with Crippen molar-refractivity contribution in [2.75, 3.05) is 19.2 Å². The third-order valence-electron chi connectivity index (χ3n) is 5.99. The zero-order chi connectivity index (χ0) is 22.5. The van der Waals surface area contributed by atoms with E-state index in [9.17, 15) is 22.8 Å². The molecule has 2 aliphatic rings. The SMILES string of the molecule is COc1c2n(cc(Br)c1=O)N1[C@H](c3ccccc3)[C@@H](CC(F)(F)F)CC[C@H]1N(C)C2=O. The first-order chi connectivity index (χ1) is 14.6. The van der Waals surface area contributed by atoms with E-state index in [4.69, 9.17) is 4.74 Å². The number of piperidine rings is 1. The Labute approximate surface area is 185 Å². The first-order valence-corrected chi connectivity index (χ1v) is 10.6. The number of rotatable bonds is 3. The van der Waals surface area contributed by atoms with Crippen molar-refractivity contribution < 1.29 is 22.7 Å². The van der Waals surface area contributed by atoms with Crippen LogP contribution in [0.15, 0.2) is 45.8 Å². The van der Waals surface area contributed by atoms with Gasteiger partial charge in [0.05, 0.1) is 17.6 Å². The third-order valence-corrected chi connectivity index (χ3v) is 6.56. The maximum absolute atomic E-state index is 13.5. The number of methoxy groups -OCH3 is 1. The van der Waals surface area contributed by atoms with Gasteiger partial charge in [-0.15, -0.1) is 0 Å². The van der Waals surface area contributed by atoms with E-state index in [2.05, 4.69) is 15.9 Å². The van der Waals surface area contributed by atoms with Crippen LogP contribution in [0.5, 0.6) is 5.75 Å². The molecule has 2 aromatic rings. The zero-order valence-electron chi connectivity index (χ0n) is 16.9. The molecule has 1 amide bonds. The van der Waals surface area contributed by atoms with Gasteiger partial charge in [-0.05, 0) is 40.3 Å². The Balaban J connectivity index is 1.96. The molecule has 31 heavy (non-hydrogen) atoms. The fourth-order valence-corrected chi connectivity index (χ4v) is 5.08. The summed E-state index contributed by atoms with van der Waals surface area (Å²) in [5.41, 5.74) is 0.223. The van der Waals surface area contributed by atoms with Gasteiger partial charge in [0.1, 0.15) is 6.17 Å². The molecule has 4 rings (SSSR count). The van der Waals surface area contributed by atoms with Crippen molar-refractivity contribution >= 4 is 21.8 Å². The summed E-state index contributed by atoms with van der Waals surface area (Å²) in [4.78, 5) is 27.2. The standard InChI is InChI=1S/C21H21BrF3N3O3/c1-26-15-9-8-13(10-21(23,24)25)16(12-6-4-3-5-7-12)28(15)27-11-14(22)18(29)19(31-2)17(27)20(26)30/h3-7,11,13,15-16H,8-10H2,1-2H3/t13-,15+,16-/m1/s1. The molecular weight excluding hydrogens is 479 g/mol. The lowest BCUT2D eigenvalue weighted by Gasteiger charge is -2.54. The van der Waals surface area contributed by atoms with Gasteiger partial charge in [0.2, 0.25) is 5.43 Å². The Morgan fingerprint density at radius 2 is 1.84 bits per heavy atom. The highest BCUT2D eigenvalue weighted by atomic mass is 79.9. The zero-order valence-corrected chi connectivity index (χ0v) is 18.5. The number of amides is 1. The summed E-state index contributed by atoms with van der Waals surface area (Å²) in [7, 11) is 2.89. The average molecular weight is 500 g/mol. The van der Waals surface area contributed by atoms with E-state index in [0.29, 0.717) is 18.4 Å². The first kappa shape index (κ1) is 21.7. The normalized spacial score (nSPS) is 23.4. The number of hydrogen-bond acceptors (Lipinski definition) is 4. The number of ether oxygens (including phenoxy) is 1. The number of nitrogens with zero attached hydrogens (tertiary/aromatic N) is 3. The van der Waals surface area contributed by atoms with E-state index in [1.54, 1.807) is 42.4 Å². The Bertz CT molecular complexity index is 1060. The molecule has 166 valence electrons. The fourth-order valence-electron chi connectivity index (χ4n) is 4.71. The number of fused-ring (bicyclic) bond motifs is 3. The van der Waals surface area contributed by atoms with E-state index in [-0.39, 0.29) is 15.9 Å². The number of aromatic nitrogens is 1. The van der Waals surface area contributed by atoms with E-state index in [0.717, 1.165) is 0 Å². The smallest absolute Gasteiger partial charge is 0.389 e. The van der Waals surface area contributed by atoms with E-state index in [1.807, 2.05) is 0 Å². The summed E-state index contributed by atoms with van der Waals surface area (Å²) in [6, 6.07) is 8.30. The summed E-state index contributed by atoms with van der Waals surface area (Å²) >= 11 is 3.21. The van der Waals surface area contributed by atoms with Crippen LogP contribution < -0.4 is 15.2 Å². The second-order valence-corrected chi connectivity index (χ2v) is 8.68. The average Bonchev–Trinajstić information content (AvgIpc) is 2.72. The number of pyridine rings is 1. The van der Waals surface area contributed by atoms with Crippen LogP contribution in [0.3, 0.4) is 0 Å². The highest BCUT2D eigenvalue weighted by Crippen LogP contribution is 2.45. The Kier molecular flexibility index (Phi) is 5.53. The molecule has 1 saturated heterocycles. The highest BCUT2D eigenvalue weighted by molar-refractivity contribution is 9.10. The maximum Gasteiger partial charge on any atom is 0.389 e. The Hall–Kier alpha value is -2.49. The van der Waals surface area contributed by atoms with Crippen LogP contribution >= 0.6 is 15.9 Å². The molecule has 2 aliphatic heterocycles. The maximum atomic E-state index is 13.5. The van der Waals surface area contributed by atoms with Gasteiger partial charge in [-0.3, -0.25) is 19.3 Å². The van der Waals surface area contributed by atoms with Crippen molar-refractivity contribution in [3.05, 3.63) is 62.5 Å². The number of halogens is 4. The number of hydrogen-bond donors (Lipinski definition) is 0.